The van der Waals surface area contributed by atoms with Gasteiger partial charge in [-0.15, -0.1) is 0 Å². The molecular weight excluding hydrogens is 220 g/mol. The van der Waals surface area contributed by atoms with E-state index in [9.17, 15) is 0 Å². The zero-order chi connectivity index (χ0) is 12.2. The van der Waals surface area contributed by atoms with Gasteiger partial charge in [0.05, 0.1) is 0 Å². The molecule has 0 saturated carbocycles. The summed E-state index contributed by atoms with van der Waals surface area (Å²) in [5, 5.41) is 9.67. The van der Waals surface area contributed by atoms with E-state index in [1.807, 2.05) is 0 Å². The van der Waals surface area contributed by atoms with E-state index >= 15 is 0 Å². The number of fused-ring (bicyclic) bond motifs is 1. The second-order valence-electron chi connectivity index (χ2n) is 5.07. The molecule has 1 fully saturated rings. The third kappa shape index (κ3) is 2.65. The van der Waals surface area contributed by atoms with Crippen molar-refractivity contribution in [3.8, 4) is 0 Å². The molecule has 1 aliphatic heterocycles. The van der Waals surface area contributed by atoms with Gasteiger partial charge in [0, 0.05) is 18.3 Å². The average Bonchev–Trinajstić information content (AvgIpc) is 2.92. The number of hydrogen-bond donors (Lipinski definition) is 2. The fourth-order valence-electron chi connectivity index (χ4n) is 2.69. The minimum Gasteiger partial charge on any atom is -0.385 e. The van der Waals surface area contributed by atoms with Crippen LogP contribution in [0.1, 0.15) is 19.3 Å². The van der Waals surface area contributed by atoms with Gasteiger partial charge < -0.3 is 10.6 Å². The van der Waals surface area contributed by atoms with E-state index in [0.29, 0.717) is 0 Å². The maximum absolute atomic E-state index is 3.53. The Morgan fingerprint density at radius 3 is 2.83 bits per heavy atom. The van der Waals surface area contributed by atoms with Gasteiger partial charge in [-0.1, -0.05) is 30.3 Å². The SMILES string of the molecule is c1ccc2cc(NCCC3CCCN3)ccc2c1. The molecule has 2 N–H and O–H groups in total. The molecule has 0 bridgehead atoms. The first-order valence-corrected chi connectivity index (χ1v) is 6.88. The van der Waals surface area contributed by atoms with E-state index in [0.717, 1.165) is 12.6 Å². The molecule has 2 heteroatoms. The first-order chi connectivity index (χ1) is 8.92. The highest BCUT2D eigenvalue weighted by Gasteiger charge is 2.12. The normalized spacial score (nSPS) is 19.2. The van der Waals surface area contributed by atoms with Crippen LogP contribution in [0.4, 0.5) is 5.69 Å². The molecule has 18 heavy (non-hydrogen) atoms. The van der Waals surface area contributed by atoms with Gasteiger partial charge in [-0.2, -0.15) is 0 Å². The van der Waals surface area contributed by atoms with Crippen molar-refractivity contribution in [2.45, 2.75) is 25.3 Å². The number of hydrogen-bond acceptors (Lipinski definition) is 2. The Balaban J connectivity index is 1.60. The lowest BCUT2D eigenvalue weighted by atomic mass is 10.1. The van der Waals surface area contributed by atoms with E-state index in [1.54, 1.807) is 0 Å². The third-order valence-corrected chi connectivity index (χ3v) is 3.73. The van der Waals surface area contributed by atoms with Crippen molar-refractivity contribution < 1.29 is 0 Å². The van der Waals surface area contributed by atoms with Crippen LogP contribution in [0.2, 0.25) is 0 Å². The Kier molecular flexibility index (Phi) is 3.47. The lowest BCUT2D eigenvalue weighted by molar-refractivity contribution is 0.574. The fraction of sp³-hybridized carbons (Fsp3) is 0.375. The van der Waals surface area contributed by atoms with E-state index in [2.05, 4.69) is 53.1 Å². The highest BCUT2D eigenvalue weighted by molar-refractivity contribution is 5.85. The molecule has 3 rings (SSSR count). The lowest BCUT2D eigenvalue weighted by Crippen LogP contribution is -2.24. The molecule has 1 unspecified atom stereocenters. The Labute approximate surface area is 108 Å². The van der Waals surface area contributed by atoms with Crippen LogP contribution in [0, 0.1) is 0 Å². The maximum Gasteiger partial charge on any atom is 0.0346 e. The van der Waals surface area contributed by atoms with Gasteiger partial charge in [-0.05, 0) is 48.7 Å². The van der Waals surface area contributed by atoms with E-state index < -0.39 is 0 Å². The zero-order valence-corrected chi connectivity index (χ0v) is 10.7. The van der Waals surface area contributed by atoms with E-state index in [-0.39, 0.29) is 0 Å². The van der Waals surface area contributed by atoms with Gasteiger partial charge in [0.25, 0.3) is 0 Å². The first kappa shape index (κ1) is 11.5. The summed E-state index contributed by atoms with van der Waals surface area (Å²) in [5.74, 6) is 0. The van der Waals surface area contributed by atoms with Crippen LogP contribution >= 0.6 is 0 Å². The number of nitrogens with one attached hydrogen (secondary N) is 2. The summed E-state index contributed by atoms with van der Waals surface area (Å²) in [6.07, 6.45) is 3.88. The van der Waals surface area contributed by atoms with Crippen molar-refractivity contribution in [3.05, 3.63) is 42.5 Å². The van der Waals surface area contributed by atoms with Crippen molar-refractivity contribution in [1.29, 1.82) is 0 Å². The van der Waals surface area contributed by atoms with Crippen LogP contribution in [-0.4, -0.2) is 19.1 Å². The van der Waals surface area contributed by atoms with Crippen molar-refractivity contribution in [2.24, 2.45) is 0 Å². The van der Waals surface area contributed by atoms with Crippen molar-refractivity contribution in [2.75, 3.05) is 18.4 Å². The molecule has 1 aliphatic rings. The van der Waals surface area contributed by atoms with Gasteiger partial charge in [-0.25, -0.2) is 0 Å². The van der Waals surface area contributed by atoms with Gasteiger partial charge >= 0.3 is 0 Å². The predicted octanol–water partition coefficient (Wildman–Crippen LogP) is 3.39. The second-order valence-corrected chi connectivity index (χ2v) is 5.07. The van der Waals surface area contributed by atoms with Gasteiger partial charge in [0.2, 0.25) is 0 Å². The first-order valence-electron chi connectivity index (χ1n) is 6.88. The summed E-state index contributed by atoms with van der Waals surface area (Å²) in [6.45, 7) is 2.25. The highest BCUT2D eigenvalue weighted by atomic mass is 14.9. The van der Waals surface area contributed by atoms with E-state index in [1.165, 1.54) is 42.3 Å². The smallest absolute Gasteiger partial charge is 0.0346 e. The Hall–Kier alpha value is -1.54. The van der Waals surface area contributed by atoms with Crippen molar-refractivity contribution in [1.82, 2.24) is 5.32 Å². The molecule has 0 amide bonds. The van der Waals surface area contributed by atoms with Gasteiger partial charge in [0.15, 0.2) is 0 Å². The predicted molar refractivity (Wildman–Crippen MR) is 78.1 cm³/mol. The topological polar surface area (TPSA) is 24.1 Å². The largest absolute Gasteiger partial charge is 0.385 e. The number of rotatable bonds is 4. The lowest BCUT2D eigenvalue weighted by Gasteiger charge is -2.12. The van der Waals surface area contributed by atoms with Crippen LogP contribution in [0.5, 0.6) is 0 Å². The second kappa shape index (κ2) is 5.40. The quantitative estimate of drug-likeness (QED) is 0.856. The minimum absolute atomic E-state index is 0.720. The molecule has 1 saturated heterocycles. The van der Waals surface area contributed by atoms with Gasteiger partial charge in [0.1, 0.15) is 0 Å². The Morgan fingerprint density at radius 1 is 1.11 bits per heavy atom. The Morgan fingerprint density at radius 2 is 2.00 bits per heavy atom. The van der Waals surface area contributed by atoms with Crippen LogP contribution in [0.3, 0.4) is 0 Å². The fourth-order valence-corrected chi connectivity index (χ4v) is 2.69. The number of benzene rings is 2. The molecule has 2 aromatic carbocycles. The average molecular weight is 240 g/mol. The summed E-state index contributed by atoms with van der Waals surface area (Å²) >= 11 is 0. The molecule has 0 radical (unpaired) electrons. The van der Waals surface area contributed by atoms with E-state index in [4.69, 9.17) is 0 Å². The van der Waals surface area contributed by atoms with Crippen LogP contribution in [-0.2, 0) is 0 Å². The minimum atomic E-state index is 0.720. The molecular formula is C16H20N2. The standard InChI is InChI=1S/C16H20N2/c1-2-5-14-12-16(8-7-13(14)4-1)18-11-9-15-6-3-10-17-15/h1-2,4-5,7-8,12,15,17-18H,3,6,9-11H2. The highest BCUT2D eigenvalue weighted by Crippen LogP contribution is 2.19. The molecule has 0 aromatic heterocycles. The van der Waals surface area contributed by atoms with Crippen LogP contribution in [0.15, 0.2) is 42.5 Å². The molecule has 1 heterocycles. The molecule has 94 valence electrons. The summed E-state index contributed by atoms with van der Waals surface area (Å²) in [4.78, 5) is 0. The van der Waals surface area contributed by atoms with Crippen molar-refractivity contribution >= 4 is 16.5 Å². The maximum atomic E-state index is 3.53. The summed E-state index contributed by atoms with van der Waals surface area (Å²) in [6, 6.07) is 15.8. The Bertz CT molecular complexity index is 515. The molecule has 2 nitrogen and oxygen atoms in total. The summed E-state index contributed by atoms with van der Waals surface area (Å²) in [7, 11) is 0. The van der Waals surface area contributed by atoms with Crippen molar-refractivity contribution in [3.63, 3.8) is 0 Å². The summed E-state index contributed by atoms with van der Waals surface area (Å²) in [5.41, 5.74) is 1.23. The monoisotopic (exact) mass is 240 g/mol. The number of anilines is 1. The molecule has 1 atom stereocenters. The molecule has 0 spiro atoms. The molecule has 2 aromatic rings. The molecule has 0 aliphatic carbocycles. The zero-order valence-electron chi connectivity index (χ0n) is 10.7. The third-order valence-electron chi connectivity index (χ3n) is 3.73. The van der Waals surface area contributed by atoms with Crippen LogP contribution < -0.4 is 10.6 Å². The van der Waals surface area contributed by atoms with Gasteiger partial charge in [-0.3, -0.25) is 0 Å². The van der Waals surface area contributed by atoms with Crippen LogP contribution in [0.25, 0.3) is 10.8 Å². The summed E-state index contributed by atoms with van der Waals surface area (Å²) < 4.78 is 0.